The van der Waals surface area contributed by atoms with E-state index in [1.165, 1.54) is 5.56 Å². The predicted octanol–water partition coefficient (Wildman–Crippen LogP) is 4.54. The van der Waals surface area contributed by atoms with Gasteiger partial charge in [0, 0.05) is 23.5 Å². The van der Waals surface area contributed by atoms with Crippen molar-refractivity contribution in [1.29, 1.82) is 0 Å². The van der Waals surface area contributed by atoms with E-state index in [-0.39, 0.29) is 0 Å². The zero-order valence-corrected chi connectivity index (χ0v) is 14.5. The third-order valence-corrected chi connectivity index (χ3v) is 4.64. The van der Waals surface area contributed by atoms with Crippen molar-refractivity contribution in [2.75, 3.05) is 0 Å². The summed E-state index contributed by atoms with van der Waals surface area (Å²) in [6.07, 6.45) is 3.40. The molecule has 0 bridgehead atoms. The number of nitrogens with zero attached hydrogens (tertiary/aromatic N) is 4. The number of thiazole rings is 1. The van der Waals surface area contributed by atoms with Crippen LogP contribution in [0.1, 0.15) is 5.56 Å². The van der Waals surface area contributed by atoms with Crippen molar-refractivity contribution in [3.63, 3.8) is 0 Å². The Kier molecular flexibility index (Phi) is 4.23. The molecule has 0 fully saturated rings. The maximum absolute atomic E-state index is 4.64. The van der Waals surface area contributed by atoms with E-state index >= 15 is 0 Å². The average molecular weight is 344 g/mol. The van der Waals surface area contributed by atoms with Crippen LogP contribution < -0.4 is 4.80 Å². The highest BCUT2D eigenvalue weighted by molar-refractivity contribution is 7.07. The van der Waals surface area contributed by atoms with Crippen LogP contribution in [-0.2, 0) is 0 Å². The molecule has 122 valence electrons. The van der Waals surface area contributed by atoms with E-state index in [1.807, 2.05) is 18.2 Å². The van der Waals surface area contributed by atoms with Gasteiger partial charge in [0.1, 0.15) is 0 Å². The van der Waals surface area contributed by atoms with Gasteiger partial charge in [-0.1, -0.05) is 48.0 Å². The summed E-state index contributed by atoms with van der Waals surface area (Å²) in [5, 5.41) is 2.12. The highest BCUT2D eigenvalue weighted by atomic mass is 32.1. The van der Waals surface area contributed by atoms with Crippen LogP contribution in [0, 0.1) is 6.92 Å². The number of benzene rings is 2. The Labute approximate surface area is 149 Å². The summed E-state index contributed by atoms with van der Waals surface area (Å²) < 4.78 is 2.14. The molecule has 0 atom stereocenters. The SMILES string of the molecule is Cc1ccc(-c2csc(=Nc3ncccn3)n2-c2ccccc2)cc1. The summed E-state index contributed by atoms with van der Waals surface area (Å²) in [4.78, 5) is 13.9. The van der Waals surface area contributed by atoms with Gasteiger partial charge >= 0.3 is 0 Å². The molecule has 25 heavy (non-hydrogen) atoms. The van der Waals surface area contributed by atoms with Gasteiger partial charge in [-0.3, -0.25) is 4.57 Å². The van der Waals surface area contributed by atoms with Crippen LogP contribution in [0.25, 0.3) is 16.9 Å². The monoisotopic (exact) mass is 344 g/mol. The molecule has 0 saturated heterocycles. The molecule has 0 unspecified atom stereocenters. The molecule has 0 aliphatic heterocycles. The van der Waals surface area contributed by atoms with Gasteiger partial charge < -0.3 is 0 Å². The molecule has 0 radical (unpaired) electrons. The molecule has 2 heterocycles. The van der Waals surface area contributed by atoms with Crippen LogP contribution >= 0.6 is 11.3 Å². The van der Waals surface area contributed by atoms with Gasteiger partial charge in [0.15, 0.2) is 4.80 Å². The number of aryl methyl sites for hydroxylation is 1. The van der Waals surface area contributed by atoms with E-state index in [0.717, 1.165) is 21.7 Å². The molecule has 0 aliphatic rings. The van der Waals surface area contributed by atoms with Crippen molar-refractivity contribution in [3.05, 3.63) is 88.8 Å². The summed E-state index contributed by atoms with van der Waals surface area (Å²) in [6.45, 7) is 2.09. The Morgan fingerprint density at radius 1 is 0.880 bits per heavy atom. The molecule has 0 amide bonds. The fraction of sp³-hybridized carbons (Fsp3) is 0.0500. The number of para-hydroxylation sites is 1. The van der Waals surface area contributed by atoms with Gasteiger partial charge in [0.25, 0.3) is 5.95 Å². The van der Waals surface area contributed by atoms with Gasteiger partial charge in [-0.15, -0.1) is 11.3 Å². The Balaban J connectivity index is 1.94. The van der Waals surface area contributed by atoms with Crippen LogP contribution in [-0.4, -0.2) is 14.5 Å². The molecule has 4 aromatic rings. The normalized spacial score (nSPS) is 11.6. The maximum Gasteiger partial charge on any atom is 0.251 e. The van der Waals surface area contributed by atoms with Crippen molar-refractivity contribution < 1.29 is 0 Å². The van der Waals surface area contributed by atoms with E-state index in [2.05, 4.69) is 68.2 Å². The minimum Gasteiger partial charge on any atom is -0.285 e. The second kappa shape index (κ2) is 6.83. The minimum absolute atomic E-state index is 0.462. The van der Waals surface area contributed by atoms with E-state index in [0.29, 0.717) is 5.95 Å². The van der Waals surface area contributed by atoms with E-state index in [1.54, 1.807) is 29.8 Å². The Bertz CT molecular complexity index is 1030. The van der Waals surface area contributed by atoms with Crippen molar-refractivity contribution in [2.45, 2.75) is 6.92 Å². The lowest BCUT2D eigenvalue weighted by Crippen LogP contribution is -2.13. The molecule has 0 N–H and O–H groups in total. The van der Waals surface area contributed by atoms with Crippen LogP contribution in [0.3, 0.4) is 0 Å². The Morgan fingerprint density at radius 2 is 1.60 bits per heavy atom. The quantitative estimate of drug-likeness (QED) is 0.548. The molecular formula is C20H16N4S. The fourth-order valence-electron chi connectivity index (χ4n) is 2.58. The molecular weight excluding hydrogens is 328 g/mol. The number of hydrogen-bond donors (Lipinski definition) is 0. The first-order valence-electron chi connectivity index (χ1n) is 7.96. The van der Waals surface area contributed by atoms with Crippen LogP contribution in [0.5, 0.6) is 0 Å². The average Bonchev–Trinajstić information content (AvgIpc) is 3.07. The van der Waals surface area contributed by atoms with Crippen molar-refractivity contribution in [1.82, 2.24) is 14.5 Å². The van der Waals surface area contributed by atoms with Gasteiger partial charge in [-0.25, -0.2) is 9.97 Å². The first kappa shape index (κ1) is 15.5. The zero-order valence-electron chi connectivity index (χ0n) is 13.7. The molecule has 4 rings (SSSR count). The topological polar surface area (TPSA) is 43.1 Å². The summed E-state index contributed by atoms with van der Waals surface area (Å²) in [5.41, 5.74) is 4.56. The van der Waals surface area contributed by atoms with Gasteiger partial charge in [-0.05, 0) is 30.7 Å². The molecule has 2 aromatic heterocycles. The molecule has 0 saturated carbocycles. The smallest absolute Gasteiger partial charge is 0.251 e. The van der Waals surface area contributed by atoms with Crippen LogP contribution in [0.4, 0.5) is 5.95 Å². The minimum atomic E-state index is 0.462. The lowest BCUT2D eigenvalue weighted by molar-refractivity contribution is 0.988. The molecule has 2 aromatic carbocycles. The van der Waals surface area contributed by atoms with Gasteiger partial charge in [-0.2, -0.15) is 4.99 Å². The van der Waals surface area contributed by atoms with Crippen LogP contribution in [0.2, 0.25) is 0 Å². The first-order valence-corrected chi connectivity index (χ1v) is 8.84. The number of hydrogen-bond acceptors (Lipinski definition) is 4. The standard InChI is InChI=1S/C20H16N4S/c1-15-8-10-16(11-9-15)18-14-25-20(23-19-21-12-5-13-22-19)24(18)17-6-3-2-4-7-17/h2-14H,1H3. The molecule has 0 spiro atoms. The number of aromatic nitrogens is 3. The zero-order chi connectivity index (χ0) is 17.1. The van der Waals surface area contributed by atoms with Crippen LogP contribution in [0.15, 0.2) is 83.4 Å². The predicted molar refractivity (Wildman–Crippen MR) is 101 cm³/mol. The lowest BCUT2D eigenvalue weighted by Gasteiger charge is -2.09. The second-order valence-corrected chi connectivity index (χ2v) is 6.44. The van der Waals surface area contributed by atoms with Gasteiger partial charge in [0.2, 0.25) is 0 Å². The summed E-state index contributed by atoms with van der Waals surface area (Å²) >= 11 is 1.58. The van der Waals surface area contributed by atoms with E-state index < -0.39 is 0 Å². The lowest BCUT2D eigenvalue weighted by atomic mass is 10.1. The highest BCUT2D eigenvalue weighted by Gasteiger charge is 2.10. The first-order chi connectivity index (χ1) is 12.3. The summed E-state index contributed by atoms with van der Waals surface area (Å²) in [7, 11) is 0. The third kappa shape index (κ3) is 3.27. The van der Waals surface area contributed by atoms with E-state index in [9.17, 15) is 0 Å². The Morgan fingerprint density at radius 3 is 2.32 bits per heavy atom. The van der Waals surface area contributed by atoms with Gasteiger partial charge in [0.05, 0.1) is 5.69 Å². The van der Waals surface area contributed by atoms with Crippen molar-refractivity contribution in [2.24, 2.45) is 4.99 Å². The summed E-state index contributed by atoms with van der Waals surface area (Å²) in [6, 6.07) is 20.5. The molecule has 0 aliphatic carbocycles. The number of rotatable bonds is 3. The van der Waals surface area contributed by atoms with Crippen molar-refractivity contribution in [3.8, 4) is 16.9 Å². The molecule has 4 nitrogen and oxygen atoms in total. The fourth-order valence-corrected chi connectivity index (χ4v) is 3.48. The van der Waals surface area contributed by atoms with Crippen molar-refractivity contribution >= 4 is 17.3 Å². The molecule has 5 heteroatoms. The maximum atomic E-state index is 4.64. The largest absolute Gasteiger partial charge is 0.285 e. The second-order valence-electron chi connectivity index (χ2n) is 5.60. The third-order valence-electron chi connectivity index (χ3n) is 3.82. The summed E-state index contributed by atoms with van der Waals surface area (Å²) in [5.74, 6) is 0.462. The Hall–Kier alpha value is -3.05. The van der Waals surface area contributed by atoms with E-state index in [4.69, 9.17) is 0 Å². The highest BCUT2D eigenvalue weighted by Crippen LogP contribution is 2.24.